The van der Waals surface area contributed by atoms with Crippen LogP contribution in [-0.2, 0) is 4.74 Å². The SMILES string of the molecule is CC1(C)CC(Nc2ccccc2-n2cncn2)C(C)(C)O1. The lowest BCUT2D eigenvalue weighted by molar-refractivity contribution is -0.0662. The zero-order valence-corrected chi connectivity index (χ0v) is 13.0. The minimum Gasteiger partial charge on any atom is -0.378 e. The van der Waals surface area contributed by atoms with E-state index in [9.17, 15) is 0 Å². The predicted molar refractivity (Wildman–Crippen MR) is 82.6 cm³/mol. The van der Waals surface area contributed by atoms with Gasteiger partial charge in [-0.3, -0.25) is 0 Å². The molecular weight excluding hydrogens is 264 g/mol. The minimum atomic E-state index is -0.209. The van der Waals surface area contributed by atoms with Crippen LogP contribution < -0.4 is 5.32 Å². The topological polar surface area (TPSA) is 52.0 Å². The zero-order chi connectivity index (χ0) is 15.1. The molecule has 0 amide bonds. The smallest absolute Gasteiger partial charge is 0.138 e. The normalized spacial score (nSPS) is 23.1. The first-order valence-corrected chi connectivity index (χ1v) is 7.28. The fourth-order valence-corrected chi connectivity index (χ4v) is 3.10. The van der Waals surface area contributed by atoms with E-state index in [4.69, 9.17) is 4.74 Å². The van der Waals surface area contributed by atoms with Crippen molar-refractivity contribution < 1.29 is 4.74 Å². The van der Waals surface area contributed by atoms with Gasteiger partial charge < -0.3 is 10.1 Å². The molecule has 1 aromatic heterocycles. The molecule has 1 unspecified atom stereocenters. The summed E-state index contributed by atoms with van der Waals surface area (Å²) in [5.74, 6) is 0. The van der Waals surface area contributed by atoms with E-state index in [1.165, 1.54) is 0 Å². The highest BCUT2D eigenvalue weighted by Gasteiger charge is 2.45. The van der Waals surface area contributed by atoms with E-state index in [-0.39, 0.29) is 17.2 Å². The van der Waals surface area contributed by atoms with Gasteiger partial charge in [0.1, 0.15) is 12.7 Å². The summed E-state index contributed by atoms with van der Waals surface area (Å²) in [5, 5.41) is 7.85. The maximum Gasteiger partial charge on any atom is 0.138 e. The summed E-state index contributed by atoms with van der Waals surface area (Å²) < 4.78 is 7.93. The Morgan fingerprint density at radius 3 is 2.62 bits per heavy atom. The summed E-state index contributed by atoms with van der Waals surface area (Å²) in [4.78, 5) is 4.02. The van der Waals surface area contributed by atoms with E-state index >= 15 is 0 Å². The highest BCUT2D eigenvalue weighted by atomic mass is 16.5. The molecule has 1 fully saturated rings. The molecule has 0 spiro atoms. The lowest BCUT2D eigenvalue weighted by Gasteiger charge is -2.29. The van der Waals surface area contributed by atoms with Gasteiger partial charge in [0.25, 0.3) is 0 Å². The molecule has 2 aromatic rings. The monoisotopic (exact) mass is 286 g/mol. The van der Waals surface area contributed by atoms with E-state index in [0.29, 0.717) is 0 Å². The Kier molecular flexibility index (Phi) is 3.24. The number of benzene rings is 1. The molecule has 1 atom stereocenters. The van der Waals surface area contributed by atoms with Gasteiger partial charge >= 0.3 is 0 Å². The second kappa shape index (κ2) is 4.84. The van der Waals surface area contributed by atoms with E-state index in [2.05, 4.69) is 49.2 Å². The lowest BCUT2D eigenvalue weighted by atomic mass is 9.94. The number of aromatic nitrogens is 3. The van der Waals surface area contributed by atoms with Crippen molar-refractivity contribution in [2.24, 2.45) is 0 Å². The van der Waals surface area contributed by atoms with Gasteiger partial charge in [-0.2, -0.15) is 5.10 Å². The summed E-state index contributed by atoms with van der Waals surface area (Å²) in [7, 11) is 0. The molecule has 2 heterocycles. The molecule has 1 N–H and O–H groups in total. The van der Waals surface area contributed by atoms with Crippen molar-refractivity contribution in [1.82, 2.24) is 14.8 Å². The number of nitrogens with one attached hydrogen (secondary N) is 1. The van der Waals surface area contributed by atoms with Gasteiger partial charge in [0, 0.05) is 0 Å². The van der Waals surface area contributed by atoms with Crippen LogP contribution in [0, 0.1) is 0 Å². The first-order chi connectivity index (χ1) is 9.87. The van der Waals surface area contributed by atoms with Crippen LogP contribution in [0.4, 0.5) is 5.69 Å². The van der Waals surface area contributed by atoms with Crippen LogP contribution in [0.1, 0.15) is 34.1 Å². The molecule has 3 rings (SSSR count). The van der Waals surface area contributed by atoms with E-state index in [1.54, 1.807) is 17.3 Å². The third-order valence-electron chi connectivity index (χ3n) is 3.97. The number of hydrogen-bond donors (Lipinski definition) is 1. The highest BCUT2D eigenvalue weighted by Crippen LogP contribution is 2.39. The first-order valence-electron chi connectivity index (χ1n) is 7.28. The Bertz CT molecular complexity index is 619. The van der Waals surface area contributed by atoms with Crippen LogP contribution in [0.2, 0.25) is 0 Å². The predicted octanol–water partition coefficient (Wildman–Crippen LogP) is 3.03. The molecule has 5 heteroatoms. The van der Waals surface area contributed by atoms with E-state index < -0.39 is 0 Å². The number of para-hydroxylation sites is 2. The zero-order valence-electron chi connectivity index (χ0n) is 13.0. The number of hydrogen-bond acceptors (Lipinski definition) is 4. The number of rotatable bonds is 3. The van der Waals surface area contributed by atoms with Crippen LogP contribution in [0.25, 0.3) is 5.69 Å². The number of nitrogens with zero attached hydrogens (tertiary/aromatic N) is 3. The standard InChI is InChI=1S/C16H22N4O/c1-15(2)9-14(16(3,4)21-15)19-12-7-5-6-8-13(12)20-11-17-10-18-20/h5-8,10-11,14,19H,9H2,1-4H3. The van der Waals surface area contributed by atoms with E-state index in [0.717, 1.165) is 17.8 Å². The highest BCUT2D eigenvalue weighted by molar-refractivity contribution is 5.61. The molecule has 0 aliphatic carbocycles. The van der Waals surface area contributed by atoms with Gasteiger partial charge in [0.2, 0.25) is 0 Å². The van der Waals surface area contributed by atoms with Crippen molar-refractivity contribution in [1.29, 1.82) is 0 Å². The molecule has 0 saturated carbocycles. The number of ether oxygens (including phenoxy) is 1. The van der Waals surface area contributed by atoms with Crippen molar-refractivity contribution in [3.8, 4) is 5.69 Å². The van der Waals surface area contributed by atoms with E-state index in [1.807, 2.05) is 18.2 Å². The number of anilines is 1. The van der Waals surface area contributed by atoms with Gasteiger partial charge in [-0.25, -0.2) is 9.67 Å². The second-order valence-corrected chi connectivity index (χ2v) is 6.72. The van der Waals surface area contributed by atoms with Gasteiger partial charge in [0.15, 0.2) is 0 Å². The largest absolute Gasteiger partial charge is 0.378 e. The van der Waals surface area contributed by atoms with Gasteiger partial charge in [0.05, 0.1) is 28.6 Å². The molecular formula is C16H22N4O. The molecule has 21 heavy (non-hydrogen) atoms. The Labute approximate surface area is 125 Å². The fourth-order valence-electron chi connectivity index (χ4n) is 3.10. The van der Waals surface area contributed by atoms with Crippen LogP contribution in [-0.4, -0.2) is 32.0 Å². The Morgan fingerprint density at radius 1 is 1.24 bits per heavy atom. The van der Waals surface area contributed by atoms with Crippen molar-refractivity contribution in [3.05, 3.63) is 36.9 Å². The molecule has 1 saturated heterocycles. The van der Waals surface area contributed by atoms with Gasteiger partial charge in [-0.1, -0.05) is 12.1 Å². The maximum absolute atomic E-state index is 6.15. The molecule has 1 aliphatic rings. The summed E-state index contributed by atoms with van der Waals surface area (Å²) in [5.41, 5.74) is 1.72. The van der Waals surface area contributed by atoms with Crippen LogP contribution in [0.5, 0.6) is 0 Å². The second-order valence-electron chi connectivity index (χ2n) is 6.72. The van der Waals surface area contributed by atoms with Crippen LogP contribution in [0.3, 0.4) is 0 Å². The maximum atomic E-state index is 6.15. The van der Waals surface area contributed by atoms with Crippen LogP contribution in [0.15, 0.2) is 36.9 Å². The van der Waals surface area contributed by atoms with Crippen molar-refractivity contribution in [2.45, 2.75) is 51.4 Å². The average molecular weight is 286 g/mol. The summed E-state index contributed by atoms with van der Waals surface area (Å²) in [6.07, 6.45) is 4.22. The quantitative estimate of drug-likeness (QED) is 0.942. The van der Waals surface area contributed by atoms with Crippen molar-refractivity contribution >= 4 is 5.69 Å². The van der Waals surface area contributed by atoms with Crippen LogP contribution >= 0.6 is 0 Å². The average Bonchev–Trinajstić information content (AvgIpc) is 2.96. The molecule has 5 nitrogen and oxygen atoms in total. The third kappa shape index (κ3) is 2.78. The summed E-state index contributed by atoms with van der Waals surface area (Å²) in [6, 6.07) is 8.37. The third-order valence-corrected chi connectivity index (χ3v) is 3.97. The van der Waals surface area contributed by atoms with Gasteiger partial charge in [-0.05, 0) is 46.2 Å². The first kappa shape index (κ1) is 14.1. The Morgan fingerprint density at radius 2 is 2.00 bits per heavy atom. The van der Waals surface area contributed by atoms with Crippen molar-refractivity contribution in [2.75, 3.05) is 5.32 Å². The Balaban J connectivity index is 1.90. The lowest BCUT2D eigenvalue weighted by Crippen LogP contribution is -2.38. The fraction of sp³-hybridized carbons (Fsp3) is 0.500. The Hall–Kier alpha value is -1.88. The summed E-state index contributed by atoms with van der Waals surface area (Å²) >= 11 is 0. The molecule has 1 aliphatic heterocycles. The molecule has 0 radical (unpaired) electrons. The molecule has 0 bridgehead atoms. The molecule has 112 valence electrons. The molecule has 1 aromatic carbocycles. The van der Waals surface area contributed by atoms with Gasteiger partial charge in [-0.15, -0.1) is 0 Å². The summed E-state index contributed by atoms with van der Waals surface area (Å²) in [6.45, 7) is 8.55. The minimum absolute atomic E-state index is 0.108. The van der Waals surface area contributed by atoms with Crippen molar-refractivity contribution in [3.63, 3.8) is 0 Å².